The van der Waals surface area contributed by atoms with Crippen LogP contribution in [-0.4, -0.2) is 48.4 Å². The van der Waals surface area contributed by atoms with Crippen LogP contribution in [0.5, 0.6) is 0 Å². The van der Waals surface area contributed by atoms with Crippen molar-refractivity contribution in [1.82, 2.24) is 9.80 Å². The van der Waals surface area contributed by atoms with Crippen molar-refractivity contribution in [2.45, 2.75) is 53.0 Å². The zero-order valence-electron chi connectivity index (χ0n) is 18.2. The van der Waals surface area contributed by atoms with Gasteiger partial charge in [-0.3, -0.25) is 14.6 Å². The lowest BCUT2D eigenvalue weighted by molar-refractivity contribution is -0.117. The molecule has 0 spiro atoms. The van der Waals surface area contributed by atoms with Crippen LogP contribution in [0.1, 0.15) is 49.8 Å². The molecule has 0 atom stereocenters. The van der Waals surface area contributed by atoms with Gasteiger partial charge < -0.3 is 9.73 Å². The Labute approximate surface area is 175 Å². The summed E-state index contributed by atoms with van der Waals surface area (Å²) in [6.45, 7) is 11.6. The minimum Gasteiger partial charge on any atom is -0.465 e. The summed E-state index contributed by atoms with van der Waals surface area (Å²) in [6.07, 6.45) is 3.85. The van der Waals surface area contributed by atoms with Crippen molar-refractivity contribution in [1.29, 1.82) is 0 Å². The summed E-state index contributed by atoms with van der Waals surface area (Å²) in [4.78, 5) is 17.5. The van der Waals surface area contributed by atoms with Crippen molar-refractivity contribution >= 4 is 11.6 Å². The lowest BCUT2D eigenvalue weighted by Crippen LogP contribution is -2.36. The van der Waals surface area contributed by atoms with E-state index in [1.165, 1.54) is 11.1 Å². The minimum absolute atomic E-state index is 0.0904. The number of carbonyl (C=O) groups is 1. The summed E-state index contributed by atoms with van der Waals surface area (Å²) in [7, 11) is 0. The van der Waals surface area contributed by atoms with E-state index in [9.17, 15) is 4.79 Å². The van der Waals surface area contributed by atoms with Gasteiger partial charge in [-0.2, -0.15) is 0 Å². The van der Waals surface area contributed by atoms with Gasteiger partial charge in [0.15, 0.2) is 0 Å². The molecule has 3 rings (SSSR count). The quantitative estimate of drug-likeness (QED) is 0.728. The second-order valence-corrected chi connectivity index (χ2v) is 7.83. The highest BCUT2D eigenvalue weighted by molar-refractivity contribution is 5.93. The standard InChI is InChI=1S/C24H35N3O2/c1-4-19-9-7-10-20(5-2)24(19)25-23(28)18-27-14-8-13-26(15-16-27)17-22-12-11-21(6-3)29-22/h7,9-12H,4-6,8,13-18H2,1-3H3,(H,25,28). The summed E-state index contributed by atoms with van der Waals surface area (Å²) in [5.41, 5.74) is 3.44. The summed E-state index contributed by atoms with van der Waals surface area (Å²) >= 11 is 0. The largest absolute Gasteiger partial charge is 0.465 e. The molecule has 1 aromatic carbocycles. The second-order valence-electron chi connectivity index (χ2n) is 7.83. The normalized spacial score (nSPS) is 16.0. The van der Waals surface area contributed by atoms with Crippen molar-refractivity contribution in [2.24, 2.45) is 0 Å². The van der Waals surface area contributed by atoms with Gasteiger partial charge in [-0.05, 0) is 55.6 Å². The van der Waals surface area contributed by atoms with Crippen LogP contribution in [0.15, 0.2) is 34.7 Å². The Hall–Kier alpha value is -2.11. The first-order valence-electron chi connectivity index (χ1n) is 11.1. The molecule has 0 unspecified atom stereocenters. The number of amides is 1. The molecule has 5 nitrogen and oxygen atoms in total. The summed E-state index contributed by atoms with van der Waals surface area (Å²) in [5.74, 6) is 2.18. The number of furan rings is 1. The van der Waals surface area contributed by atoms with E-state index in [-0.39, 0.29) is 5.91 Å². The first kappa shape index (κ1) is 21.6. The zero-order valence-corrected chi connectivity index (χ0v) is 18.2. The van der Waals surface area contributed by atoms with Crippen LogP contribution in [0.25, 0.3) is 0 Å². The molecule has 1 aliphatic rings. The average molecular weight is 398 g/mol. The topological polar surface area (TPSA) is 48.7 Å². The summed E-state index contributed by atoms with van der Waals surface area (Å²) in [5, 5.41) is 3.20. The number of anilines is 1. The third-order valence-electron chi connectivity index (χ3n) is 5.76. The Morgan fingerprint density at radius 2 is 1.55 bits per heavy atom. The van der Waals surface area contributed by atoms with Crippen molar-refractivity contribution < 1.29 is 9.21 Å². The molecular formula is C24H35N3O2. The maximum Gasteiger partial charge on any atom is 0.238 e. The van der Waals surface area contributed by atoms with Crippen LogP contribution < -0.4 is 5.32 Å². The smallest absolute Gasteiger partial charge is 0.238 e. The maximum atomic E-state index is 12.8. The van der Waals surface area contributed by atoms with Crippen molar-refractivity contribution in [3.05, 3.63) is 53.0 Å². The van der Waals surface area contributed by atoms with Gasteiger partial charge in [-0.25, -0.2) is 0 Å². The van der Waals surface area contributed by atoms with Gasteiger partial charge in [0.1, 0.15) is 11.5 Å². The van der Waals surface area contributed by atoms with Crippen LogP contribution in [0.3, 0.4) is 0 Å². The zero-order chi connectivity index (χ0) is 20.6. The SMILES string of the molecule is CCc1ccc(CN2CCCN(CC(=O)Nc3c(CC)cccc3CC)CC2)o1. The summed E-state index contributed by atoms with van der Waals surface area (Å²) in [6, 6.07) is 10.5. The molecule has 0 radical (unpaired) electrons. The van der Waals surface area contributed by atoms with Gasteiger partial charge in [-0.1, -0.05) is 39.0 Å². The Kier molecular flexibility index (Phi) is 7.90. The predicted octanol–water partition coefficient (Wildman–Crippen LogP) is 4.11. The molecule has 0 bridgehead atoms. The highest BCUT2D eigenvalue weighted by Crippen LogP contribution is 2.22. The van der Waals surface area contributed by atoms with E-state index in [0.717, 1.165) is 75.6 Å². The van der Waals surface area contributed by atoms with E-state index < -0.39 is 0 Å². The number of benzene rings is 1. The maximum absolute atomic E-state index is 12.8. The molecule has 1 aromatic heterocycles. The summed E-state index contributed by atoms with van der Waals surface area (Å²) < 4.78 is 5.86. The molecule has 29 heavy (non-hydrogen) atoms. The molecule has 1 saturated heterocycles. The average Bonchev–Trinajstić information content (AvgIpc) is 3.08. The van der Waals surface area contributed by atoms with Crippen LogP contribution in [0.4, 0.5) is 5.69 Å². The molecule has 2 aromatic rings. The van der Waals surface area contributed by atoms with E-state index in [4.69, 9.17) is 4.42 Å². The Balaban J connectivity index is 1.53. The fourth-order valence-corrected chi connectivity index (χ4v) is 4.04. The molecule has 0 saturated carbocycles. The number of nitrogens with zero attached hydrogens (tertiary/aromatic N) is 2. The molecule has 1 N–H and O–H groups in total. The molecule has 158 valence electrons. The van der Waals surface area contributed by atoms with Crippen LogP contribution >= 0.6 is 0 Å². The molecule has 2 heterocycles. The Bertz CT molecular complexity index is 777. The molecule has 1 aliphatic heterocycles. The third-order valence-corrected chi connectivity index (χ3v) is 5.76. The number of rotatable bonds is 8. The Morgan fingerprint density at radius 3 is 2.21 bits per heavy atom. The van der Waals surface area contributed by atoms with Crippen LogP contribution in [-0.2, 0) is 30.6 Å². The minimum atomic E-state index is 0.0904. The molecule has 1 amide bonds. The van der Waals surface area contributed by atoms with E-state index in [0.29, 0.717) is 6.54 Å². The first-order valence-corrected chi connectivity index (χ1v) is 11.1. The molecule has 0 aliphatic carbocycles. The number of nitrogens with one attached hydrogen (secondary N) is 1. The van der Waals surface area contributed by atoms with Gasteiger partial charge in [0.05, 0.1) is 13.1 Å². The Morgan fingerprint density at radius 1 is 0.897 bits per heavy atom. The second kappa shape index (κ2) is 10.6. The fourth-order valence-electron chi connectivity index (χ4n) is 4.04. The molecular weight excluding hydrogens is 362 g/mol. The van der Waals surface area contributed by atoms with Gasteiger partial charge >= 0.3 is 0 Å². The van der Waals surface area contributed by atoms with Gasteiger partial charge in [0.25, 0.3) is 0 Å². The van der Waals surface area contributed by atoms with Crippen molar-refractivity contribution in [3.8, 4) is 0 Å². The van der Waals surface area contributed by atoms with Gasteiger partial charge in [0, 0.05) is 25.2 Å². The van der Waals surface area contributed by atoms with Crippen molar-refractivity contribution in [2.75, 3.05) is 38.0 Å². The number of hydrogen-bond donors (Lipinski definition) is 1. The number of aryl methyl sites for hydroxylation is 3. The van der Waals surface area contributed by atoms with E-state index in [1.54, 1.807) is 0 Å². The lowest BCUT2D eigenvalue weighted by atomic mass is 10.0. The van der Waals surface area contributed by atoms with E-state index in [1.807, 2.05) is 0 Å². The van der Waals surface area contributed by atoms with E-state index in [2.05, 4.69) is 66.2 Å². The van der Waals surface area contributed by atoms with Crippen LogP contribution in [0.2, 0.25) is 0 Å². The monoisotopic (exact) mass is 397 g/mol. The number of hydrogen-bond acceptors (Lipinski definition) is 4. The van der Waals surface area contributed by atoms with Gasteiger partial charge in [-0.15, -0.1) is 0 Å². The lowest BCUT2D eigenvalue weighted by Gasteiger charge is -2.21. The third kappa shape index (κ3) is 5.94. The fraction of sp³-hybridized carbons (Fsp3) is 0.542. The predicted molar refractivity (Wildman–Crippen MR) is 118 cm³/mol. The number of carbonyl (C=O) groups excluding carboxylic acids is 1. The van der Waals surface area contributed by atoms with E-state index >= 15 is 0 Å². The van der Waals surface area contributed by atoms with Crippen molar-refractivity contribution in [3.63, 3.8) is 0 Å². The highest BCUT2D eigenvalue weighted by atomic mass is 16.3. The molecule has 5 heteroatoms. The highest BCUT2D eigenvalue weighted by Gasteiger charge is 2.19. The number of para-hydroxylation sites is 1. The molecule has 1 fully saturated rings. The van der Waals surface area contributed by atoms with Crippen LogP contribution in [0, 0.1) is 0 Å². The first-order chi connectivity index (χ1) is 14.1. The van der Waals surface area contributed by atoms with Gasteiger partial charge in [0.2, 0.25) is 5.91 Å².